The van der Waals surface area contributed by atoms with Crippen LogP contribution in [0.3, 0.4) is 0 Å². The molecule has 0 radical (unpaired) electrons. The van der Waals surface area contributed by atoms with Crippen LogP contribution in [0.1, 0.15) is 42.1 Å². The Morgan fingerprint density at radius 1 is 1.36 bits per heavy atom. The van der Waals surface area contributed by atoms with Gasteiger partial charge in [-0.2, -0.15) is 5.10 Å². The Balaban J connectivity index is 1.44. The zero-order valence-corrected chi connectivity index (χ0v) is 12.7. The van der Waals surface area contributed by atoms with Gasteiger partial charge < -0.3 is 5.32 Å². The zero-order chi connectivity index (χ0) is 15.4. The van der Waals surface area contributed by atoms with Gasteiger partial charge in [0.2, 0.25) is 5.91 Å². The molecule has 6 heteroatoms. The summed E-state index contributed by atoms with van der Waals surface area (Å²) in [5.41, 5.74) is 3.11. The first-order valence-corrected chi connectivity index (χ1v) is 7.73. The molecule has 2 N–H and O–H groups in total. The molecule has 2 unspecified atom stereocenters. The predicted molar refractivity (Wildman–Crippen MR) is 82.2 cm³/mol. The number of nitrogens with one attached hydrogen (secondary N) is 2. The number of aromatic nitrogens is 4. The van der Waals surface area contributed by atoms with Gasteiger partial charge in [0, 0.05) is 30.6 Å². The number of carbonyl (C=O) groups excluding carboxylic acids is 1. The lowest BCUT2D eigenvalue weighted by molar-refractivity contribution is -0.120. The summed E-state index contributed by atoms with van der Waals surface area (Å²) < 4.78 is 0. The van der Waals surface area contributed by atoms with E-state index in [1.807, 2.05) is 6.92 Å². The third kappa shape index (κ3) is 3.69. The van der Waals surface area contributed by atoms with Crippen LogP contribution in [0.4, 0.5) is 0 Å². The first-order chi connectivity index (χ1) is 10.7. The number of aryl methyl sites for hydroxylation is 1. The molecule has 1 fully saturated rings. The molecule has 0 spiro atoms. The molecular formula is C16H21N5O. The van der Waals surface area contributed by atoms with E-state index in [-0.39, 0.29) is 5.91 Å². The van der Waals surface area contributed by atoms with Gasteiger partial charge in [-0.1, -0.05) is 0 Å². The fraction of sp³-hybridized carbons (Fsp3) is 0.500. The molecule has 0 aliphatic heterocycles. The summed E-state index contributed by atoms with van der Waals surface area (Å²) in [6, 6.07) is 2.13. The van der Waals surface area contributed by atoms with Crippen molar-refractivity contribution in [2.75, 3.05) is 6.54 Å². The van der Waals surface area contributed by atoms with E-state index in [1.54, 1.807) is 12.4 Å². The highest BCUT2D eigenvalue weighted by molar-refractivity contribution is 5.78. The minimum absolute atomic E-state index is 0.0360. The Kier molecular flexibility index (Phi) is 4.46. The van der Waals surface area contributed by atoms with Gasteiger partial charge in [0.05, 0.1) is 12.1 Å². The van der Waals surface area contributed by atoms with Crippen molar-refractivity contribution in [3.63, 3.8) is 0 Å². The molecule has 2 aromatic heterocycles. The maximum atomic E-state index is 11.9. The second-order valence-electron chi connectivity index (χ2n) is 6.08. The fourth-order valence-electron chi connectivity index (χ4n) is 3.10. The van der Waals surface area contributed by atoms with Crippen LogP contribution in [0.5, 0.6) is 0 Å². The lowest BCUT2D eigenvalue weighted by Crippen LogP contribution is -2.29. The third-order valence-electron chi connectivity index (χ3n) is 4.25. The second kappa shape index (κ2) is 6.68. The van der Waals surface area contributed by atoms with Gasteiger partial charge in [-0.3, -0.25) is 9.89 Å². The van der Waals surface area contributed by atoms with Gasteiger partial charge in [-0.15, -0.1) is 0 Å². The maximum absolute atomic E-state index is 11.9. The lowest BCUT2D eigenvalue weighted by Gasteiger charge is -2.11. The van der Waals surface area contributed by atoms with Crippen LogP contribution in [0.15, 0.2) is 24.8 Å². The Morgan fingerprint density at radius 2 is 2.18 bits per heavy atom. The molecule has 116 valence electrons. The number of nitrogens with zero attached hydrogens (tertiary/aromatic N) is 3. The standard InChI is InChI=1S/C16H21N5O/c1-11-4-15(21-20-11)14-3-2-12(5-14)9-19-16(22)6-13-7-17-10-18-8-13/h4,7-8,10,12,14H,2-3,5-6,9H2,1H3,(H,19,22)(H,20,21). The van der Waals surface area contributed by atoms with Crippen molar-refractivity contribution >= 4 is 5.91 Å². The summed E-state index contributed by atoms with van der Waals surface area (Å²) in [7, 11) is 0. The Labute approximate surface area is 129 Å². The molecule has 0 bridgehead atoms. The number of carbonyl (C=O) groups is 1. The SMILES string of the molecule is Cc1cc(C2CCC(CNC(=O)Cc3cncnc3)C2)n[nH]1. The van der Waals surface area contributed by atoms with Gasteiger partial charge in [-0.25, -0.2) is 9.97 Å². The topological polar surface area (TPSA) is 83.6 Å². The average Bonchev–Trinajstić information content (AvgIpc) is 3.15. The van der Waals surface area contributed by atoms with Crippen LogP contribution in [0.2, 0.25) is 0 Å². The maximum Gasteiger partial charge on any atom is 0.224 e. The van der Waals surface area contributed by atoms with Crippen molar-refractivity contribution in [1.82, 2.24) is 25.5 Å². The molecule has 2 heterocycles. The largest absolute Gasteiger partial charge is 0.356 e. The summed E-state index contributed by atoms with van der Waals surface area (Å²) in [5.74, 6) is 1.10. The van der Waals surface area contributed by atoms with E-state index in [1.165, 1.54) is 6.33 Å². The molecule has 1 amide bonds. The first-order valence-electron chi connectivity index (χ1n) is 7.73. The van der Waals surface area contributed by atoms with Crippen molar-refractivity contribution in [1.29, 1.82) is 0 Å². The van der Waals surface area contributed by atoms with Crippen molar-refractivity contribution in [2.24, 2.45) is 5.92 Å². The van der Waals surface area contributed by atoms with Crippen LogP contribution in [-0.4, -0.2) is 32.6 Å². The third-order valence-corrected chi connectivity index (χ3v) is 4.25. The zero-order valence-electron chi connectivity index (χ0n) is 12.7. The highest BCUT2D eigenvalue weighted by Gasteiger charge is 2.27. The second-order valence-corrected chi connectivity index (χ2v) is 6.08. The van der Waals surface area contributed by atoms with E-state index in [0.29, 0.717) is 18.3 Å². The molecule has 2 atom stereocenters. The smallest absolute Gasteiger partial charge is 0.224 e. The van der Waals surface area contributed by atoms with Crippen molar-refractivity contribution in [2.45, 2.75) is 38.5 Å². The Bertz CT molecular complexity index is 624. The van der Waals surface area contributed by atoms with Crippen LogP contribution in [0, 0.1) is 12.8 Å². The summed E-state index contributed by atoms with van der Waals surface area (Å²) in [4.78, 5) is 19.8. The normalized spacial score (nSPS) is 21.0. The lowest BCUT2D eigenvalue weighted by atomic mass is 10.0. The fourth-order valence-corrected chi connectivity index (χ4v) is 3.10. The van der Waals surface area contributed by atoms with Crippen molar-refractivity contribution in [3.05, 3.63) is 41.7 Å². The summed E-state index contributed by atoms with van der Waals surface area (Å²) in [6.45, 7) is 2.77. The molecule has 2 aromatic rings. The monoisotopic (exact) mass is 299 g/mol. The van der Waals surface area contributed by atoms with E-state index >= 15 is 0 Å². The summed E-state index contributed by atoms with van der Waals surface area (Å²) >= 11 is 0. The van der Waals surface area contributed by atoms with E-state index < -0.39 is 0 Å². The molecule has 1 aliphatic rings. The summed E-state index contributed by atoms with van der Waals surface area (Å²) in [6.07, 6.45) is 8.56. The molecule has 6 nitrogen and oxygen atoms in total. The highest BCUT2D eigenvalue weighted by Crippen LogP contribution is 2.37. The number of hydrogen-bond acceptors (Lipinski definition) is 4. The van der Waals surface area contributed by atoms with Gasteiger partial charge in [-0.05, 0) is 43.7 Å². The minimum atomic E-state index is 0.0360. The Hall–Kier alpha value is -2.24. The van der Waals surface area contributed by atoms with E-state index in [4.69, 9.17) is 0 Å². The Morgan fingerprint density at radius 3 is 2.91 bits per heavy atom. The highest BCUT2D eigenvalue weighted by atomic mass is 16.1. The van der Waals surface area contributed by atoms with Crippen LogP contribution in [-0.2, 0) is 11.2 Å². The van der Waals surface area contributed by atoms with E-state index in [9.17, 15) is 4.79 Å². The van der Waals surface area contributed by atoms with Crippen molar-refractivity contribution in [3.8, 4) is 0 Å². The quantitative estimate of drug-likeness (QED) is 0.881. The van der Waals surface area contributed by atoms with Gasteiger partial charge in [0.15, 0.2) is 0 Å². The predicted octanol–water partition coefficient (Wildman–Crippen LogP) is 1.75. The number of amides is 1. The number of aromatic amines is 1. The molecule has 1 saturated carbocycles. The van der Waals surface area contributed by atoms with E-state index in [0.717, 1.165) is 42.8 Å². The summed E-state index contributed by atoms with van der Waals surface area (Å²) in [5, 5.41) is 10.4. The first kappa shape index (κ1) is 14.7. The van der Waals surface area contributed by atoms with E-state index in [2.05, 4.69) is 31.5 Å². The van der Waals surface area contributed by atoms with Gasteiger partial charge >= 0.3 is 0 Å². The van der Waals surface area contributed by atoms with Crippen LogP contribution in [0.25, 0.3) is 0 Å². The molecule has 0 saturated heterocycles. The number of H-pyrrole nitrogens is 1. The van der Waals surface area contributed by atoms with Crippen molar-refractivity contribution < 1.29 is 4.79 Å². The van der Waals surface area contributed by atoms with Gasteiger partial charge in [0.25, 0.3) is 0 Å². The van der Waals surface area contributed by atoms with Crippen LogP contribution < -0.4 is 5.32 Å². The molecular weight excluding hydrogens is 278 g/mol. The molecule has 3 rings (SSSR count). The van der Waals surface area contributed by atoms with Gasteiger partial charge in [0.1, 0.15) is 6.33 Å². The minimum Gasteiger partial charge on any atom is -0.356 e. The van der Waals surface area contributed by atoms with Crippen LogP contribution >= 0.6 is 0 Å². The molecule has 1 aliphatic carbocycles. The number of hydrogen-bond donors (Lipinski definition) is 2. The number of rotatable bonds is 5. The average molecular weight is 299 g/mol. The molecule has 0 aromatic carbocycles. The molecule has 22 heavy (non-hydrogen) atoms.